The SMILES string of the molecule is C1=C=c2sc3ccccc3c2=CC=1Nc1ccccc1-c1ccccc1. The van der Waals surface area contributed by atoms with Gasteiger partial charge in [0.15, 0.2) is 0 Å². The maximum Gasteiger partial charge on any atom is 0.0908 e. The Morgan fingerprint density at radius 1 is 0.731 bits per heavy atom. The van der Waals surface area contributed by atoms with Gasteiger partial charge in [-0.3, -0.25) is 0 Å². The van der Waals surface area contributed by atoms with Crippen LogP contribution in [0, 0.1) is 0 Å². The first kappa shape index (κ1) is 15.0. The number of thiophene rings is 1. The minimum absolute atomic E-state index is 0.935. The molecule has 1 aromatic heterocycles. The van der Waals surface area contributed by atoms with Gasteiger partial charge in [-0.1, -0.05) is 66.7 Å². The molecule has 0 bridgehead atoms. The molecule has 26 heavy (non-hydrogen) atoms. The minimum atomic E-state index is 0.935. The van der Waals surface area contributed by atoms with Crippen LogP contribution in [0.1, 0.15) is 0 Å². The summed E-state index contributed by atoms with van der Waals surface area (Å²) >= 11 is 1.76. The molecule has 1 aliphatic carbocycles. The molecule has 1 N–H and O–H groups in total. The van der Waals surface area contributed by atoms with Gasteiger partial charge in [0.2, 0.25) is 0 Å². The van der Waals surface area contributed by atoms with Crippen molar-refractivity contribution >= 4 is 38.9 Å². The van der Waals surface area contributed by atoms with Crippen molar-refractivity contribution in [3.05, 3.63) is 100 Å². The van der Waals surface area contributed by atoms with Gasteiger partial charge in [0.1, 0.15) is 0 Å². The summed E-state index contributed by atoms with van der Waals surface area (Å²) in [6, 6.07) is 27.3. The van der Waals surface area contributed by atoms with Gasteiger partial charge in [0.05, 0.1) is 10.2 Å². The Morgan fingerprint density at radius 3 is 2.42 bits per heavy atom. The Bertz CT molecular complexity index is 1320. The van der Waals surface area contributed by atoms with Gasteiger partial charge in [0.25, 0.3) is 0 Å². The molecule has 4 aromatic rings. The molecule has 2 heteroatoms. The third kappa shape index (κ3) is 2.60. The lowest BCUT2D eigenvalue weighted by Crippen LogP contribution is -2.20. The third-order valence-corrected chi connectivity index (χ3v) is 5.62. The van der Waals surface area contributed by atoms with Crippen LogP contribution in [0.25, 0.3) is 33.0 Å². The van der Waals surface area contributed by atoms with Gasteiger partial charge in [-0.2, -0.15) is 0 Å². The maximum atomic E-state index is 3.54. The van der Waals surface area contributed by atoms with Crippen molar-refractivity contribution in [1.29, 1.82) is 0 Å². The highest BCUT2D eigenvalue weighted by molar-refractivity contribution is 7.17. The van der Waals surface area contributed by atoms with Crippen LogP contribution < -0.4 is 15.1 Å². The van der Waals surface area contributed by atoms with Crippen LogP contribution in [0.3, 0.4) is 0 Å². The molecule has 122 valence electrons. The summed E-state index contributed by atoms with van der Waals surface area (Å²) in [5.41, 5.74) is 11.0. The topological polar surface area (TPSA) is 12.0 Å². The Balaban J connectivity index is 1.60. The predicted molar refractivity (Wildman–Crippen MR) is 111 cm³/mol. The summed E-state index contributed by atoms with van der Waals surface area (Å²) in [4.78, 5) is 0. The number of fused-ring (bicyclic) bond motifs is 3. The fourth-order valence-electron chi connectivity index (χ4n) is 3.28. The Kier molecular flexibility index (Phi) is 3.59. The van der Waals surface area contributed by atoms with Crippen LogP contribution in [0.15, 0.2) is 90.3 Å². The Morgan fingerprint density at radius 2 is 1.50 bits per heavy atom. The summed E-state index contributed by atoms with van der Waals surface area (Å²) in [7, 11) is 0. The van der Waals surface area contributed by atoms with E-state index in [9.17, 15) is 0 Å². The van der Waals surface area contributed by atoms with Crippen molar-refractivity contribution in [3.8, 4) is 11.1 Å². The smallest absolute Gasteiger partial charge is 0.0908 e. The number of para-hydroxylation sites is 1. The van der Waals surface area contributed by atoms with Crippen LogP contribution in [-0.2, 0) is 0 Å². The van der Waals surface area contributed by atoms with Crippen molar-refractivity contribution < 1.29 is 0 Å². The summed E-state index contributed by atoms with van der Waals surface area (Å²) in [6.07, 6.45) is 2.17. The molecule has 0 saturated carbocycles. The minimum Gasteiger partial charge on any atom is -0.348 e. The van der Waals surface area contributed by atoms with Gasteiger partial charge in [-0.15, -0.1) is 11.3 Å². The fraction of sp³-hybridized carbons (Fsp3) is 0. The first-order valence-electron chi connectivity index (χ1n) is 8.55. The number of allylic oxidation sites excluding steroid dienone is 1. The van der Waals surface area contributed by atoms with E-state index in [1.54, 1.807) is 11.3 Å². The molecule has 0 aliphatic heterocycles. The fourth-order valence-corrected chi connectivity index (χ4v) is 4.32. The number of benzene rings is 3. The molecule has 0 saturated heterocycles. The van der Waals surface area contributed by atoms with Crippen molar-refractivity contribution in [2.45, 2.75) is 0 Å². The summed E-state index contributed by atoms with van der Waals surface area (Å²) < 4.78 is 2.43. The molecular weight excluding hydrogens is 334 g/mol. The lowest BCUT2D eigenvalue weighted by atomic mass is 10.0. The van der Waals surface area contributed by atoms with Crippen molar-refractivity contribution in [3.63, 3.8) is 0 Å². The zero-order valence-electron chi connectivity index (χ0n) is 14.0. The molecule has 0 amide bonds. The molecule has 0 atom stereocenters. The number of anilines is 1. The molecule has 0 spiro atoms. The average molecular weight is 349 g/mol. The Hall–Kier alpha value is -3.28. The van der Waals surface area contributed by atoms with E-state index in [0.29, 0.717) is 0 Å². The zero-order chi connectivity index (χ0) is 17.3. The quantitative estimate of drug-likeness (QED) is 0.519. The summed E-state index contributed by atoms with van der Waals surface area (Å²) in [5.74, 6) is 0. The van der Waals surface area contributed by atoms with Crippen LogP contribution in [0.5, 0.6) is 0 Å². The van der Waals surface area contributed by atoms with E-state index in [0.717, 1.165) is 15.9 Å². The van der Waals surface area contributed by atoms with Gasteiger partial charge in [-0.05, 0) is 35.2 Å². The second-order valence-corrected chi connectivity index (χ2v) is 7.24. The van der Waals surface area contributed by atoms with Crippen LogP contribution >= 0.6 is 11.3 Å². The standard InChI is InChI=1S/C24H15NS/c1-2-8-17(9-3-1)19-10-4-6-12-22(19)25-18-14-15-24-21(16-18)20-11-5-7-13-23(20)26-24/h1-13,16,25H. The molecule has 0 unspecified atom stereocenters. The largest absolute Gasteiger partial charge is 0.348 e. The number of hydrogen-bond donors (Lipinski definition) is 1. The van der Waals surface area contributed by atoms with Crippen molar-refractivity contribution in [1.82, 2.24) is 0 Å². The number of nitrogens with one attached hydrogen (secondary N) is 1. The maximum absolute atomic E-state index is 3.54. The van der Waals surface area contributed by atoms with E-state index in [-0.39, 0.29) is 0 Å². The van der Waals surface area contributed by atoms with Crippen molar-refractivity contribution in [2.24, 2.45) is 0 Å². The van der Waals surface area contributed by atoms with Crippen LogP contribution in [0.2, 0.25) is 0 Å². The van der Waals surface area contributed by atoms with Gasteiger partial charge in [0, 0.05) is 26.6 Å². The molecule has 0 fully saturated rings. The number of rotatable bonds is 3. The van der Waals surface area contributed by atoms with E-state index >= 15 is 0 Å². The summed E-state index contributed by atoms with van der Waals surface area (Å²) in [6.45, 7) is 0. The molecule has 1 heterocycles. The molecule has 0 radical (unpaired) electrons. The molecule has 3 aromatic carbocycles. The lowest BCUT2D eigenvalue weighted by molar-refractivity contribution is 1.50. The van der Waals surface area contributed by atoms with Crippen LogP contribution in [0.4, 0.5) is 5.69 Å². The van der Waals surface area contributed by atoms with Gasteiger partial charge >= 0.3 is 0 Å². The highest BCUT2D eigenvalue weighted by Crippen LogP contribution is 2.28. The number of hydrogen-bond acceptors (Lipinski definition) is 2. The van der Waals surface area contributed by atoms with Crippen LogP contribution in [-0.4, -0.2) is 0 Å². The highest BCUT2D eigenvalue weighted by Gasteiger charge is 2.07. The van der Waals surface area contributed by atoms with Gasteiger partial charge in [-0.25, -0.2) is 0 Å². The van der Waals surface area contributed by atoms with E-state index < -0.39 is 0 Å². The van der Waals surface area contributed by atoms with E-state index in [1.165, 1.54) is 26.4 Å². The lowest BCUT2D eigenvalue weighted by Gasteiger charge is -2.12. The Labute approximate surface area is 155 Å². The third-order valence-electron chi connectivity index (χ3n) is 4.51. The zero-order valence-corrected chi connectivity index (χ0v) is 14.8. The van der Waals surface area contributed by atoms with E-state index in [1.807, 2.05) is 6.07 Å². The monoisotopic (exact) mass is 349 g/mol. The predicted octanol–water partition coefficient (Wildman–Crippen LogP) is 4.89. The van der Waals surface area contributed by atoms with Crippen molar-refractivity contribution in [2.75, 3.05) is 5.32 Å². The second kappa shape index (κ2) is 6.22. The molecular formula is C24H15NS. The highest BCUT2D eigenvalue weighted by atomic mass is 32.1. The average Bonchev–Trinajstić information content (AvgIpc) is 3.07. The molecule has 1 nitrogen and oxygen atoms in total. The first-order valence-corrected chi connectivity index (χ1v) is 9.37. The van der Waals surface area contributed by atoms with E-state index in [2.05, 4.69) is 95.7 Å². The van der Waals surface area contributed by atoms with Gasteiger partial charge < -0.3 is 5.32 Å². The second-order valence-electron chi connectivity index (χ2n) is 6.19. The summed E-state index contributed by atoms with van der Waals surface area (Å²) in [5, 5.41) is 6.04. The molecule has 1 aliphatic rings. The normalized spacial score (nSPS) is 12.1. The first-order chi connectivity index (χ1) is 12.9. The molecule has 5 rings (SSSR count). The van der Waals surface area contributed by atoms with E-state index in [4.69, 9.17) is 0 Å².